The van der Waals surface area contributed by atoms with E-state index in [0.29, 0.717) is 13.1 Å². The minimum atomic E-state index is -3.44. The Kier molecular flexibility index (Phi) is 6.05. The maximum absolute atomic E-state index is 13.6. The molecule has 1 unspecified atom stereocenters. The minimum Gasteiger partial charge on any atom is -0.311 e. The molecule has 0 amide bonds. The van der Waals surface area contributed by atoms with Gasteiger partial charge in [-0.1, -0.05) is 48.6 Å². The maximum Gasteiger partial charge on any atom is 0.351 e. The number of halogens is 1. The third-order valence-corrected chi connectivity index (χ3v) is 6.83. The lowest BCUT2D eigenvalue weighted by molar-refractivity contribution is 0.193. The summed E-state index contributed by atoms with van der Waals surface area (Å²) >= 11 is 0. The first-order chi connectivity index (χ1) is 12.6. The van der Waals surface area contributed by atoms with Crippen LogP contribution in [0.3, 0.4) is 0 Å². The molecule has 0 saturated heterocycles. The standard InChI is InChI=1S/C20H23FNO3P/c1-24-26(23,25-2)20-19-12-4-3-9-17(19)10-5-6-13-22(20)15-16-8-7-11-18(21)14-16/h3-9,11-12,14,20H,10,13,15H2,1-2H3/b6-5-. The highest BCUT2D eigenvalue weighted by atomic mass is 31.2. The lowest BCUT2D eigenvalue weighted by Gasteiger charge is -2.36. The van der Waals surface area contributed by atoms with Gasteiger partial charge in [-0.25, -0.2) is 4.39 Å². The Morgan fingerprint density at radius 3 is 2.62 bits per heavy atom. The van der Waals surface area contributed by atoms with Gasteiger partial charge in [0.1, 0.15) is 11.6 Å². The van der Waals surface area contributed by atoms with Gasteiger partial charge in [-0.3, -0.25) is 9.46 Å². The highest BCUT2D eigenvalue weighted by Crippen LogP contribution is 2.62. The van der Waals surface area contributed by atoms with Crippen LogP contribution in [-0.4, -0.2) is 25.7 Å². The van der Waals surface area contributed by atoms with Crippen LogP contribution < -0.4 is 0 Å². The average molecular weight is 375 g/mol. The van der Waals surface area contributed by atoms with Gasteiger partial charge in [-0.05, 0) is 35.2 Å². The Bertz CT molecular complexity index is 831. The van der Waals surface area contributed by atoms with E-state index in [1.807, 2.05) is 41.3 Å². The second kappa shape index (κ2) is 8.28. The third kappa shape index (κ3) is 3.97. The van der Waals surface area contributed by atoms with Crippen LogP contribution in [0.25, 0.3) is 0 Å². The van der Waals surface area contributed by atoms with Crippen LogP contribution in [0.2, 0.25) is 0 Å². The van der Waals surface area contributed by atoms with Crippen LogP contribution in [0, 0.1) is 5.82 Å². The Labute approximate surface area is 153 Å². The first kappa shape index (κ1) is 19.0. The van der Waals surface area contributed by atoms with Gasteiger partial charge in [-0.2, -0.15) is 0 Å². The molecule has 26 heavy (non-hydrogen) atoms. The maximum atomic E-state index is 13.6. The molecule has 1 atom stereocenters. The molecule has 138 valence electrons. The van der Waals surface area contributed by atoms with Crippen molar-refractivity contribution in [3.05, 3.63) is 83.2 Å². The van der Waals surface area contributed by atoms with Crippen LogP contribution in [0.5, 0.6) is 0 Å². The van der Waals surface area contributed by atoms with E-state index in [4.69, 9.17) is 9.05 Å². The van der Waals surface area contributed by atoms with Crippen molar-refractivity contribution in [2.24, 2.45) is 0 Å². The Morgan fingerprint density at radius 1 is 1.12 bits per heavy atom. The van der Waals surface area contributed by atoms with Crippen molar-refractivity contribution in [2.45, 2.75) is 18.7 Å². The van der Waals surface area contributed by atoms with Crippen molar-refractivity contribution < 1.29 is 18.0 Å². The van der Waals surface area contributed by atoms with Crippen molar-refractivity contribution in [1.82, 2.24) is 4.90 Å². The van der Waals surface area contributed by atoms with Crippen LogP contribution in [-0.2, 0) is 26.6 Å². The molecule has 1 heterocycles. The second-order valence-corrected chi connectivity index (χ2v) is 8.51. The molecule has 2 aromatic carbocycles. The summed E-state index contributed by atoms with van der Waals surface area (Å²) in [5.74, 6) is -0.856. The van der Waals surface area contributed by atoms with Crippen molar-refractivity contribution in [1.29, 1.82) is 0 Å². The highest BCUT2D eigenvalue weighted by molar-refractivity contribution is 7.54. The molecule has 0 fully saturated rings. The number of hydrogen-bond acceptors (Lipinski definition) is 4. The van der Waals surface area contributed by atoms with E-state index >= 15 is 0 Å². The number of rotatable bonds is 5. The van der Waals surface area contributed by atoms with Crippen LogP contribution in [0.15, 0.2) is 60.7 Å². The summed E-state index contributed by atoms with van der Waals surface area (Å²) in [6.07, 6.45) is 4.89. The number of allylic oxidation sites excluding steroid dienone is 1. The molecule has 6 heteroatoms. The molecule has 0 spiro atoms. The fourth-order valence-corrected chi connectivity index (χ4v) is 5.07. The van der Waals surface area contributed by atoms with Gasteiger partial charge >= 0.3 is 7.60 Å². The number of nitrogens with zero attached hydrogens (tertiary/aromatic N) is 1. The normalized spacial score (nSPS) is 19.4. The molecule has 1 aliphatic rings. The molecular weight excluding hydrogens is 352 g/mol. The molecule has 4 nitrogen and oxygen atoms in total. The molecule has 3 rings (SSSR count). The summed E-state index contributed by atoms with van der Waals surface area (Å²) in [7, 11) is -0.633. The van der Waals surface area contributed by atoms with Gasteiger partial charge in [0.15, 0.2) is 0 Å². The van der Waals surface area contributed by atoms with Crippen LogP contribution in [0.1, 0.15) is 22.5 Å². The first-order valence-corrected chi connectivity index (χ1v) is 10.1. The second-order valence-electron chi connectivity index (χ2n) is 6.21. The average Bonchev–Trinajstić information content (AvgIpc) is 2.64. The van der Waals surface area contributed by atoms with E-state index in [0.717, 1.165) is 23.1 Å². The molecule has 1 aliphatic heterocycles. The first-order valence-electron chi connectivity index (χ1n) is 8.50. The van der Waals surface area contributed by atoms with E-state index < -0.39 is 13.4 Å². The summed E-state index contributed by atoms with van der Waals surface area (Å²) in [5, 5.41) is 0. The topological polar surface area (TPSA) is 38.8 Å². The van der Waals surface area contributed by atoms with E-state index in [1.165, 1.54) is 26.4 Å². The van der Waals surface area contributed by atoms with Crippen molar-refractivity contribution in [3.8, 4) is 0 Å². The van der Waals surface area contributed by atoms with Crippen molar-refractivity contribution in [3.63, 3.8) is 0 Å². The van der Waals surface area contributed by atoms with Crippen LogP contribution >= 0.6 is 7.60 Å². The zero-order valence-corrected chi connectivity index (χ0v) is 15.9. The zero-order valence-electron chi connectivity index (χ0n) is 15.0. The van der Waals surface area contributed by atoms with Gasteiger partial charge in [0.05, 0.1) is 0 Å². The molecular formula is C20H23FNO3P. The zero-order chi connectivity index (χ0) is 18.6. The quantitative estimate of drug-likeness (QED) is 0.549. The van der Waals surface area contributed by atoms with Gasteiger partial charge < -0.3 is 9.05 Å². The number of benzene rings is 2. The molecule has 0 bridgehead atoms. The largest absolute Gasteiger partial charge is 0.351 e. The number of fused-ring (bicyclic) bond motifs is 1. The fourth-order valence-electron chi connectivity index (χ4n) is 3.35. The Hall–Kier alpha value is -1.78. The molecule has 0 radical (unpaired) electrons. The summed E-state index contributed by atoms with van der Waals surface area (Å²) < 4.78 is 37.8. The minimum absolute atomic E-state index is 0.288. The predicted molar refractivity (Wildman–Crippen MR) is 100 cm³/mol. The van der Waals surface area contributed by atoms with Gasteiger partial charge in [0.2, 0.25) is 0 Å². The van der Waals surface area contributed by atoms with E-state index in [-0.39, 0.29) is 5.82 Å². The Morgan fingerprint density at radius 2 is 1.88 bits per heavy atom. The molecule has 2 aromatic rings. The van der Waals surface area contributed by atoms with Crippen LogP contribution in [0.4, 0.5) is 4.39 Å². The SMILES string of the molecule is COP(=O)(OC)C1c2ccccc2C/C=C\CN1Cc1cccc(F)c1. The van der Waals surface area contributed by atoms with Gasteiger partial charge in [0.25, 0.3) is 0 Å². The smallest absolute Gasteiger partial charge is 0.311 e. The molecule has 0 N–H and O–H groups in total. The summed E-state index contributed by atoms with van der Waals surface area (Å²) in [5.41, 5.74) is 2.80. The summed E-state index contributed by atoms with van der Waals surface area (Å²) in [6, 6.07) is 14.3. The lowest BCUT2D eigenvalue weighted by atomic mass is 10.0. The summed E-state index contributed by atoms with van der Waals surface area (Å²) in [4.78, 5) is 2.01. The van der Waals surface area contributed by atoms with E-state index in [2.05, 4.69) is 6.08 Å². The predicted octanol–water partition coefficient (Wildman–Crippen LogP) is 4.92. The van der Waals surface area contributed by atoms with E-state index in [9.17, 15) is 8.96 Å². The molecule has 0 saturated carbocycles. The summed E-state index contributed by atoms with van der Waals surface area (Å²) in [6.45, 7) is 0.990. The van der Waals surface area contributed by atoms with Gasteiger partial charge in [-0.15, -0.1) is 0 Å². The third-order valence-electron chi connectivity index (χ3n) is 4.61. The van der Waals surface area contributed by atoms with Gasteiger partial charge in [0, 0.05) is 27.3 Å². The monoisotopic (exact) mass is 375 g/mol. The van der Waals surface area contributed by atoms with Crippen molar-refractivity contribution in [2.75, 3.05) is 20.8 Å². The molecule has 0 aliphatic carbocycles. The van der Waals surface area contributed by atoms with Crippen molar-refractivity contribution >= 4 is 7.60 Å². The lowest BCUT2D eigenvalue weighted by Crippen LogP contribution is -2.31. The van der Waals surface area contributed by atoms with E-state index in [1.54, 1.807) is 6.07 Å². The Balaban J connectivity index is 2.08. The number of hydrogen-bond donors (Lipinski definition) is 0. The highest BCUT2D eigenvalue weighted by Gasteiger charge is 2.41. The fraction of sp³-hybridized carbons (Fsp3) is 0.300. The molecule has 0 aromatic heterocycles.